The molecule has 0 aliphatic carbocycles. The SMILES string of the molecule is O/N=C(\c1ccc(Br)cc1)N1CCOCC1. The minimum absolute atomic E-state index is 0.607. The van der Waals surface area contributed by atoms with Crippen LogP contribution in [-0.4, -0.2) is 42.2 Å². The van der Waals surface area contributed by atoms with Gasteiger partial charge in [-0.1, -0.05) is 33.2 Å². The van der Waals surface area contributed by atoms with Crippen LogP contribution in [0.15, 0.2) is 33.9 Å². The van der Waals surface area contributed by atoms with E-state index in [0.717, 1.165) is 23.1 Å². The molecule has 1 aliphatic rings. The van der Waals surface area contributed by atoms with Crippen molar-refractivity contribution in [2.75, 3.05) is 26.3 Å². The number of benzene rings is 1. The molecule has 0 atom stereocenters. The summed E-state index contributed by atoms with van der Waals surface area (Å²) in [5, 5.41) is 12.5. The van der Waals surface area contributed by atoms with Crippen molar-refractivity contribution in [3.8, 4) is 0 Å². The van der Waals surface area contributed by atoms with E-state index in [0.29, 0.717) is 19.0 Å². The van der Waals surface area contributed by atoms with Crippen LogP contribution in [0, 0.1) is 0 Å². The van der Waals surface area contributed by atoms with Gasteiger partial charge in [0, 0.05) is 23.1 Å². The Morgan fingerprint density at radius 2 is 1.88 bits per heavy atom. The van der Waals surface area contributed by atoms with Crippen LogP contribution < -0.4 is 0 Å². The van der Waals surface area contributed by atoms with Gasteiger partial charge in [-0.15, -0.1) is 0 Å². The molecule has 1 aliphatic heterocycles. The maximum atomic E-state index is 9.09. The van der Waals surface area contributed by atoms with Crippen LogP contribution in [-0.2, 0) is 4.74 Å². The molecule has 86 valence electrons. The van der Waals surface area contributed by atoms with Crippen molar-refractivity contribution < 1.29 is 9.94 Å². The van der Waals surface area contributed by atoms with Gasteiger partial charge in [-0.25, -0.2) is 0 Å². The molecule has 0 spiro atoms. The molecular weight excluding hydrogens is 272 g/mol. The number of oxime groups is 1. The first kappa shape index (κ1) is 11.4. The molecule has 16 heavy (non-hydrogen) atoms. The molecule has 0 amide bonds. The highest BCUT2D eigenvalue weighted by Gasteiger charge is 2.17. The molecule has 0 radical (unpaired) electrons. The Labute approximate surface area is 103 Å². The molecule has 0 unspecified atom stereocenters. The Morgan fingerprint density at radius 3 is 2.44 bits per heavy atom. The fourth-order valence-corrected chi connectivity index (χ4v) is 1.94. The van der Waals surface area contributed by atoms with Gasteiger partial charge < -0.3 is 14.8 Å². The standard InChI is InChI=1S/C11H13BrN2O2/c12-10-3-1-9(2-4-10)11(13-15)14-5-7-16-8-6-14/h1-4,15H,5-8H2/b13-11+. The summed E-state index contributed by atoms with van der Waals surface area (Å²) in [4.78, 5) is 2.02. The molecule has 1 saturated heterocycles. The molecular formula is C11H13BrN2O2. The summed E-state index contributed by atoms with van der Waals surface area (Å²) in [6.07, 6.45) is 0. The summed E-state index contributed by atoms with van der Waals surface area (Å²) in [5.74, 6) is 0.607. The lowest BCUT2D eigenvalue weighted by Gasteiger charge is -2.28. The quantitative estimate of drug-likeness (QED) is 0.371. The third kappa shape index (κ3) is 2.54. The zero-order valence-corrected chi connectivity index (χ0v) is 10.4. The summed E-state index contributed by atoms with van der Waals surface area (Å²) in [6.45, 7) is 2.87. The monoisotopic (exact) mass is 284 g/mol. The lowest BCUT2D eigenvalue weighted by Crippen LogP contribution is -2.41. The van der Waals surface area contributed by atoms with Gasteiger partial charge in [-0.05, 0) is 12.1 Å². The third-order valence-corrected chi connectivity index (χ3v) is 3.04. The van der Waals surface area contributed by atoms with Crippen LogP contribution in [0.5, 0.6) is 0 Å². The van der Waals surface area contributed by atoms with Crippen molar-refractivity contribution >= 4 is 21.8 Å². The number of nitrogens with zero attached hydrogens (tertiary/aromatic N) is 2. The van der Waals surface area contributed by atoms with Gasteiger partial charge >= 0.3 is 0 Å². The van der Waals surface area contributed by atoms with Gasteiger partial charge in [-0.2, -0.15) is 0 Å². The predicted molar refractivity (Wildman–Crippen MR) is 64.9 cm³/mol. The number of hydrogen-bond acceptors (Lipinski definition) is 3. The molecule has 5 heteroatoms. The van der Waals surface area contributed by atoms with Gasteiger partial charge in [0.2, 0.25) is 0 Å². The second-order valence-electron chi connectivity index (χ2n) is 3.53. The maximum absolute atomic E-state index is 9.09. The second-order valence-corrected chi connectivity index (χ2v) is 4.45. The number of morpholine rings is 1. The van der Waals surface area contributed by atoms with E-state index in [1.807, 2.05) is 29.2 Å². The number of ether oxygens (including phenoxy) is 1. The first-order valence-electron chi connectivity index (χ1n) is 5.12. The zero-order chi connectivity index (χ0) is 11.4. The van der Waals surface area contributed by atoms with Gasteiger partial charge in [0.05, 0.1) is 13.2 Å². The minimum Gasteiger partial charge on any atom is -0.409 e. The van der Waals surface area contributed by atoms with Crippen molar-refractivity contribution in [3.05, 3.63) is 34.3 Å². The molecule has 1 N–H and O–H groups in total. The third-order valence-electron chi connectivity index (χ3n) is 2.51. The average Bonchev–Trinajstić information content (AvgIpc) is 2.34. The molecule has 1 aromatic carbocycles. The molecule has 1 heterocycles. The van der Waals surface area contributed by atoms with Gasteiger partial charge in [0.1, 0.15) is 0 Å². The van der Waals surface area contributed by atoms with Crippen molar-refractivity contribution in [2.24, 2.45) is 5.16 Å². The van der Waals surface area contributed by atoms with Crippen molar-refractivity contribution in [1.82, 2.24) is 4.90 Å². The molecule has 1 aromatic rings. The summed E-state index contributed by atoms with van der Waals surface area (Å²) in [5.41, 5.74) is 0.910. The van der Waals surface area contributed by atoms with Crippen molar-refractivity contribution in [1.29, 1.82) is 0 Å². The summed E-state index contributed by atoms with van der Waals surface area (Å²) >= 11 is 3.38. The molecule has 2 rings (SSSR count). The molecule has 4 nitrogen and oxygen atoms in total. The van der Waals surface area contributed by atoms with E-state index in [1.54, 1.807) is 0 Å². The van der Waals surface area contributed by atoms with Crippen LogP contribution in [0.3, 0.4) is 0 Å². The average molecular weight is 285 g/mol. The van der Waals surface area contributed by atoms with Crippen LogP contribution >= 0.6 is 15.9 Å². The van der Waals surface area contributed by atoms with E-state index >= 15 is 0 Å². The highest BCUT2D eigenvalue weighted by molar-refractivity contribution is 9.10. The number of halogens is 1. The van der Waals surface area contributed by atoms with Crippen LogP contribution in [0.4, 0.5) is 0 Å². The number of rotatable bonds is 1. The second kappa shape index (κ2) is 5.32. The molecule has 0 bridgehead atoms. The molecule has 0 saturated carbocycles. The van der Waals surface area contributed by atoms with E-state index in [9.17, 15) is 0 Å². The smallest absolute Gasteiger partial charge is 0.175 e. The fourth-order valence-electron chi connectivity index (χ4n) is 1.68. The topological polar surface area (TPSA) is 45.1 Å². The largest absolute Gasteiger partial charge is 0.409 e. The molecule has 0 aromatic heterocycles. The summed E-state index contributed by atoms with van der Waals surface area (Å²) in [7, 11) is 0. The Kier molecular flexibility index (Phi) is 3.79. The maximum Gasteiger partial charge on any atom is 0.175 e. The van der Waals surface area contributed by atoms with Gasteiger partial charge in [-0.3, -0.25) is 0 Å². The first-order chi connectivity index (χ1) is 7.81. The van der Waals surface area contributed by atoms with Crippen LogP contribution in [0.1, 0.15) is 5.56 Å². The highest BCUT2D eigenvalue weighted by atomic mass is 79.9. The summed E-state index contributed by atoms with van der Waals surface area (Å²) < 4.78 is 6.27. The van der Waals surface area contributed by atoms with E-state index in [4.69, 9.17) is 9.94 Å². The van der Waals surface area contributed by atoms with Gasteiger partial charge in [0.25, 0.3) is 0 Å². The fraction of sp³-hybridized carbons (Fsp3) is 0.364. The van der Waals surface area contributed by atoms with Gasteiger partial charge in [0.15, 0.2) is 5.84 Å². The van der Waals surface area contributed by atoms with E-state index < -0.39 is 0 Å². The Morgan fingerprint density at radius 1 is 1.25 bits per heavy atom. The minimum atomic E-state index is 0.607. The number of amidine groups is 1. The highest BCUT2D eigenvalue weighted by Crippen LogP contribution is 2.13. The van der Waals surface area contributed by atoms with Crippen LogP contribution in [0.2, 0.25) is 0 Å². The Bertz CT molecular complexity index is 372. The van der Waals surface area contributed by atoms with Crippen LogP contribution in [0.25, 0.3) is 0 Å². The molecule has 1 fully saturated rings. The lowest BCUT2D eigenvalue weighted by atomic mass is 10.2. The Hall–Kier alpha value is -1.07. The first-order valence-corrected chi connectivity index (χ1v) is 5.91. The van der Waals surface area contributed by atoms with Crippen molar-refractivity contribution in [2.45, 2.75) is 0 Å². The zero-order valence-electron chi connectivity index (χ0n) is 8.77. The number of hydrogen-bond donors (Lipinski definition) is 1. The Balaban J connectivity index is 2.18. The predicted octanol–water partition coefficient (Wildman–Crippen LogP) is 1.92. The van der Waals surface area contributed by atoms with E-state index in [2.05, 4.69) is 21.1 Å². The summed E-state index contributed by atoms with van der Waals surface area (Å²) in [6, 6.07) is 7.71. The van der Waals surface area contributed by atoms with E-state index in [-0.39, 0.29) is 0 Å². The van der Waals surface area contributed by atoms with E-state index in [1.165, 1.54) is 0 Å². The lowest BCUT2D eigenvalue weighted by molar-refractivity contribution is 0.0668. The normalized spacial score (nSPS) is 17.6. The van der Waals surface area contributed by atoms with Crippen molar-refractivity contribution in [3.63, 3.8) is 0 Å².